The topological polar surface area (TPSA) is 54.5 Å². The molecule has 1 aromatic heterocycles. The van der Waals surface area contributed by atoms with Gasteiger partial charge in [-0.05, 0) is 6.42 Å². The Balaban J connectivity index is 0.000000371. The van der Waals surface area contributed by atoms with Crippen LogP contribution < -0.4 is 0 Å². The summed E-state index contributed by atoms with van der Waals surface area (Å²) in [6, 6.07) is 0. The van der Waals surface area contributed by atoms with Gasteiger partial charge in [-0.15, -0.1) is 10.2 Å². The van der Waals surface area contributed by atoms with Crippen LogP contribution in [0.15, 0.2) is 0 Å². The van der Waals surface area contributed by atoms with Crippen LogP contribution in [0.2, 0.25) is 0 Å². The van der Waals surface area contributed by atoms with Crippen molar-refractivity contribution < 1.29 is 0 Å². The van der Waals surface area contributed by atoms with Crippen molar-refractivity contribution >= 4 is 0 Å². The molecule has 1 heterocycles. The first kappa shape index (κ1) is 9.07. The zero-order valence-corrected chi connectivity index (χ0v) is 6.76. The van der Waals surface area contributed by atoms with Crippen LogP contribution >= 0.6 is 0 Å². The fourth-order valence-corrected chi connectivity index (χ4v) is 0.512. The maximum atomic E-state index is 3.76. The first-order valence-corrected chi connectivity index (χ1v) is 3.66. The number of aryl methyl sites for hydroxylation is 1. The van der Waals surface area contributed by atoms with E-state index in [0.29, 0.717) is 0 Å². The van der Waals surface area contributed by atoms with Crippen LogP contribution in [0.25, 0.3) is 0 Å². The predicted molar refractivity (Wildman–Crippen MR) is 39.5 cm³/mol. The van der Waals surface area contributed by atoms with Crippen LogP contribution in [0.4, 0.5) is 0 Å². The Morgan fingerprint density at radius 1 is 1.40 bits per heavy atom. The molecule has 1 aromatic rings. The van der Waals surface area contributed by atoms with Crippen molar-refractivity contribution in [2.75, 3.05) is 0 Å². The van der Waals surface area contributed by atoms with E-state index in [4.69, 9.17) is 0 Å². The highest BCUT2D eigenvalue weighted by atomic mass is 15.5. The van der Waals surface area contributed by atoms with E-state index in [1.165, 1.54) is 0 Å². The zero-order valence-electron chi connectivity index (χ0n) is 6.76. The summed E-state index contributed by atoms with van der Waals surface area (Å²) < 4.78 is 0. The molecule has 0 bridgehead atoms. The van der Waals surface area contributed by atoms with Crippen LogP contribution in [0.3, 0.4) is 0 Å². The van der Waals surface area contributed by atoms with Gasteiger partial charge in [0.25, 0.3) is 0 Å². The molecular weight excluding hydrogens is 128 g/mol. The molecule has 0 aliphatic carbocycles. The molecule has 4 nitrogen and oxygen atoms in total. The highest BCUT2D eigenvalue weighted by molar-refractivity contribution is 4.73. The minimum Gasteiger partial charge on any atom is -0.177 e. The minimum atomic E-state index is 0.799. The number of aromatic nitrogens is 4. The Hall–Kier alpha value is -0.930. The standard InChI is InChI=1S/C4H8N4.C2H6/c1-2-3-4-5-7-8-6-4;1-2/h2-3H2,1H3,(H,5,6,7,8);1-2H3. The van der Waals surface area contributed by atoms with Gasteiger partial charge in [-0.3, -0.25) is 0 Å². The van der Waals surface area contributed by atoms with Crippen LogP contribution in [-0.2, 0) is 6.42 Å². The summed E-state index contributed by atoms with van der Waals surface area (Å²) in [5.41, 5.74) is 0. The van der Waals surface area contributed by atoms with E-state index in [-0.39, 0.29) is 0 Å². The molecule has 4 heteroatoms. The average molecular weight is 142 g/mol. The van der Waals surface area contributed by atoms with Crippen LogP contribution in [0.5, 0.6) is 0 Å². The van der Waals surface area contributed by atoms with Gasteiger partial charge in [0, 0.05) is 6.42 Å². The fourth-order valence-electron chi connectivity index (χ4n) is 0.512. The van der Waals surface area contributed by atoms with Crippen molar-refractivity contribution in [3.8, 4) is 0 Å². The van der Waals surface area contributed by atoms with Gasteiger partial charge in [0.05, 0.1) is 0 Å². The Labute approximate surface area is 61.0 Å². The van der Waals surface area contributed by atoms with Crippen molar-refractivity contribution in [3.63, 3.8) is 0 Å². The maximum absolute atomic E-state index is 3.76. The number of nitrogens with zero attached hydrogens (tertiary/aromatic N) is 3. The number of aromatic amines is 1. The number of rotatable bonds is 2. The molecule has 0 amide bonds. The molecule has 0 spiro atoms. The maximum Gasteiger partial charge on any atom is 0.174 e. The SMILES string of the molecule is CC.CCCc1nn[nH]n1. The van der Waals surface area contributed by atoms with E-state index in [1.807, 2.05) is 13.8 Å². The summed E-state index contributed by atoms with van der Waals surface area (Å²) >= 11 is 0. The van der Waals surface area contributed by atoms with Crippen LogP contribution in [0.1, 0.15) is 33.0 Å². The lowest BCUT2D eigenvalue weighted by molar-refractivity contribution is 0.839. The highest BCUT2D eigenvalue weighted by Gasteiger charge is 1.91. The average Bonchev–Trinajstić information content (AvgIpc) is 2.46. The van der Waals surface area contributed by atoms with Gasteiger partial charge in [0.1, 0.15) is 0 Å². The van der Waals surface area contributed by atoms with Gasteiger partial charge in [0.2, 0.25) is 0 Å². The molecule has 0 fully saturated rings. The molecule has 1 N–H and O–H groups in total. The number of H-pyrrole nitrogens is 1. The second-order valence-corrected chi connectivity index (χ2v) is 1.58. The van der Waals surface area contributed by atoms with Crippen LogP contribution in [-0.4, -0.2) is 20.6 Å². The number of hydrogen-bond donors (Lipinski definition) is 1. The molecule has 0 radical (unpaired) electrons. The molecule has 0 saturated heterocycles. The van der Waals surface area contributed by atoms with Crippen LogP contribution in [0, 0.1) is 0 Å². The molecule has 0 aliphatic rings. The van der Waals surface area contributed by atoms with E-state index in [1.54, 1.807) is 0 Å². The van der Waals surface area contributed by atoms with Crippen molar-refractivity contribution in [2.45, 2.75) is 33.6 Å². The first-order chi connectivity index (χ1) is 4.93. The van der Waals surface area contributed by atoms with E-state index < -0.39 is 0 Å². The van der Waals surface area contributed by atoms with Crippen molar-refractivity contribution in [1.29, 1.82) is 0 Å². The van der Waals surface area contributed by atoms with Gasteiger partial charge < -0.3 is 0 Å². The molecular formula is C6H14N4. The second-order valence-electron chi connectivity index (χ2n) is 1.58. The Bertz CT molecular complexity index is 135. The highest BCUT2D eigenvalue weighted by Crippen LogP contribution is 1.87. The monoisotopic (exact) mass is 142 g/mol. The fraction of sp³-hybridized carbons (Fsp3) is 0.833. The Kier molecular flexibility index (Phi) is 5.62. The number of nitrogens with one attached hydrogen (secondary N) is 1. The van der Waals surface area contributed by atoms with Gasteiger partial charge in [-0.25, -0.2) is 0 Å². The van der Waals surface area contributed by atoms with Gasteiger partial charge in [-0.1, -0.05) is 26.0 Å². The Morgan fingerprint density at radius 3 is 2.50 bits per heavy atom. The number of hydrogen-bond acceptors (Lipinski definition) is 3. The lowest BCUT2D eigenvalue weighted by Crippen LogP contribution is -1.84. The molecule has 58 valence electrons. The first-order valence-electron chi connectivity index (χ1n) is 3.66. The normalized spacial score (nSPS) is 8.30. The lowest BCUT2D eigenvalue weighted by Gasteiger charge is -1.80. The zero-order chi connectivity index (χ0) is 7.82. The molecule has 0 atom stereocenters. The quantitative estimate of drug-likeness (QED) is 0.674. The van der Waals surface area contributed by atoms with E-state index in [2.05, 4.69) is 27.5 Å². The summed E-state index contributed by atoms with van der Waals surface area (Å²) in [6.45, 7) is 6.08. The van der Waals surface area contributed by atoms with E-state index in [0.717, 1.165) is 18.7 Å². The van der Waals surface area contributed by atoms with Crippen molar-refractivity contribution in [1.82, 2.24) is 20.6 Å². The summed E-state index contributed by atoms with van der Waals surface area (Å²) in [5, 5.41) is 13.3. The molecule has 0 aliphatic heterocycles. The second kappa shape index (κ2) is 6.19. The molecule has 0 unspecified atom stereocenters. The van der Waals surface area contributed by atoms with Gasteiger partial charge in [0.15, 0.2) is 5.82 Å². The predicted octanol–water partition coefficient (Wildman–Crippen LogP) is 1.18. The Morgan fingerprint density at radius 2 is 2.10 bits per heavy atom. The third-order valence-corrected chi connectivity index (χ3v) is 0.863. The van der Waals surface area contributed by atoms with Gasteiger partial charge >= 0.3 is 0 Å². The number of tetrazole rings is 1. The van der Waals surface area contributed by atoms with E-state index >= 15 is 0 Å². The van der Waals surface area contributed by atoms with Crippen molar-refractivity contribution in [2.24, 2.45) is 0 Å². The van der Waals surface area contributed by atoms with E-state index in [9.17, 15) is 0 Å². The summed E-state index contributed by atoms with van der Waals surface area (Å²) in [5.74, 6) is 0.799. The van der Waals surface area contributed by atoms with Crippen molar-refractivity contribution in [3.05, 3.63) is 5.82 Å². The third kappa shape index (κ3) is 3.17. The lowest BCUT2D eigenvalue weighted by atomic mass is 10.3. The largest absolute Gasteiger partial charge is 0.177 e. The summed E-state index contributed by atoms with van der Waals surface area (Å²) in [6.07, 6.45) is 1.98. The smallest absolute Gasteiger partial charge is 0.174 e. The summed E-state index contributed by atoms with van der Waals surface area (Å²) in [4.78, 5) is 0. The molecule has 0 saturated carbocycles. The van der Waals surface area contributed by atoms with Gasteiger partial charge in [-0.2, -0.15) is 5.21 Å². The molecule has 0 aromatic carbocycles. The third-order valence-electron chi connectivity index (χ3n) is 0.863. The minimum absolute atomic E-state index is 0.799. The summed E-state index contributed by atoms with van der Waals surface area (Å²) in [7, 11) is 0. The molecule has 10 heavy (non-hydrogen) atoms. The molecule has 1 rings (SSSR count).